The predicted molar refractivity (Wildman–Crippen MR) is 85.6 cm³/mol. The molecule has 0 bridgehead atoms. The van der Waals surface area contributed by atoms with Crippen LogP contribution in [0.25, 0.3) is 0 Å². The second-order valence-corrected chi connectivity index (χ2v) is 7.58. The van der Waals surface area contributed by atoms with Crippen molar-refractivity contribution in [1.82, 2.24) is 0 Å². The van der Waals surface area contributed by atoms with Crippen LogP contribution in [0.15, 0.2) is 24.3 Å². The Morgan fingerprint density at radius 2 is 1.59 bits per heavy atom. The number of carbonyl (C=O) groups excluding carboxylic acids is 1. The van der Waals surface area contributed by atoms with Crippen molar-refractivity contribution in [2.24, 2.45) is 11.8 Å². The number of rotatable bonds is 4. The molecule has 2 fully saturated rings. The average molecular weight is 303 g/mol. The van der Waals surface area contributed by atoms with E-state index in [9.17, 15) is 9.90 Å². The molecule has 0 radical (unpaired) electrons. The highest BCUT2D eigenvalue weighted by molar-refractivity contribution is 5.84. The molecule has 0 saturated heterocycles. The van der Waals surface area contributed by atoms with Gasteiger partial charge in [0, 0.05) is 5.69 Å². The van der Waals surface area contributed by atoms with Crippen molar-refractivity contribution in [3.63, 3.8) is 0 Å². The Morgan fingerprint density at radius 1 is 1.09 bits per heavy atom. The summed E-state index contributed by atoms with van der Waals surface area (Å²) >= 11 is 0. The molecule has 2 aliphatic rings. The summed E-state index contributed by atoms with van der Waals surface area (Å²) in [5, 5.41) is 13.8. The van der Waals surface area contributed by atoms with Crippen LogP contribution >= 0.6 is 0 Å². The number of ether oxygens (including phenoxy) is 1. The van der Waals surface area contributed by atoms with E-state index in [4.69, 9.17) is 4.74 Å². The van der Waals surface area contributed by atoms with Gasteiger partial charge in [0.15, 0.2) is 0 Å². The van der Waals surface area contributed by atoms with Gasteiger partial charge in [0.25, 0.3) is 0 Å². The SMILES string of the molecule is CC(C)(C)OC(=O)Nc1ccc(C(O)(C2CC2)C2CC2)cc1. The van der Waals surface area contributed by atoms with Gasteiger partial charge < -0.3 is 9.84 Å². The van der Waals surface area contributed by atoms with E-state index in [-0.39, 0.29) is 0 Å². The van der Waals surface area contributed by atoms with Gasteiger partial charge in [-0.2, -0.15) is 0 Å². The lowest BCUT2D eigenvalue weighted by molar-refractivity contribution is -0.0102. The number of aliphatic hydroxyl groups is 1. The van der Waals surface area contributed by atoms with E-state index in [0.717, 1.165) is 31.2 Å². The fraction of sp³-hybridized carbons (Fsp3) is 0.611. The molecule has 0 aromatic heterocycles. The molecule has 2 saturated carbocycles. The monoisotopic (exact) mass is 303 g/mol. The predicted octanol–water partition coefficient (Wildman–Crippen LogP) is 4.04. The lowest BCUT2D eigenvalue weighted by Gasteiger charge is -2.29. The van der Waals surface area contributed by atoms with Crippen LogP contribution in [0.1, 0.15) is 52.0 Å². The Morgan fingerprint density at radius 3 is 2.00 bits per heavy atom. The maximum atomic E-state index is 11.8. The zero-order chi connectivity index (χ0) is 16.0. The second kappa shape index (κ2) is 5.27. The third-order valence-corrected chi connectivity index (χ3v) is 4.39. The Hall–Kier alpha value is -1.55. The first-order valence-corrected chi connectivity index (χ1v) is 8.12. The Bertz CT molecular complexity index is 539. The van der Waals surface area contributed by atoms with E-state index in [0.29, 0.717) is 17.5 Å². The maximum absolute atomic E-state index is 11.8. The molecule has 0 aliphatic heterocycles. The minimum Gasteiger partial charge on any atom is -0.444 e. The van der Waals surface area contributed by atoms with Crippen molar-refractivity contribution < 1.29 is 14.6 Å². The molecule has 2 aliphatic carbocycles. The van der Waals surface area contributed by atoms with Crippen LogP contribution in [-0.2, 0) is 10.3 Å². The van der Waals surface area contributed by atoms with E-state index in [1.54, 1.807) is 0 Å². The topological polar surface area (TPSA) is 58.6 Å². The molecular formula is C18H25NO3. The van der Waals surface area contributed by atoms with Gasteiger partial charge in [-0.25, -0.2) is 4.79 Å². The Labute approximate surface area is 131 Å². The minimum absolute atomic E-state index is 0.407. The molecule has 0 atom stereocenters. The van der Waals surface area contributed by atoms with E-state index in [1.165, 1.54) is 0 Å². The largest absolute Gasteiger partial charge is 0.444 e. The molecule has 4 nitrogen and oxygen atoms in total. The van der Waals surface area contributed by atoms with Crippen molar-refractivity contribution in [2.45, 2.75) is 57.7 Å². The van der Waals surface area contributed by atoms with Crippen molar-refractivity contribution in [1.29, 1.82) is 0 Å². The summed E-state index contributed by atoms with van der Waals surface area (Å²) in [5.74, 6) is 0.814. The van der Waals surface area contributed by atoms with Gasteiger partial charge in [0.2, 0.25) is 0 Å². The summed E-state index contributed by atoms with van der Waals surface area (Å²) in [7, 11) is 0. The zero-order valence-corrected chi connectivity index (χ0v) is 13.6. The Kier molecular flexibility index (Phi) is 3.68. The third kappa shape index (κ3) is 3.27. The molecule has 0 spiro atoms. The highest BCUT2D eigenvalue weighted by Gasteiger charge is 2.54. The summed E-state index contributed by atoms with van der Waals surface area (Å²) in [6.45, 7) is 5.50. The highest BCUT2D eigenvalue weighted by atomic mass is 16.6. The molecular weight excluding hydrogens is 278 g/mol. The number of nitrogens with one attached hydrogen (secondary N) is 1. The fourth-order valence-corrected chi connectivity index (χ4v) is 3.09. The first-order valence-electron chi connectivity index (χ1n) is 8.12. The van der Waals surface area contributed by atoms with Gasteiger partial charge in [0.1, 0.15) is 5.60 Å². The maximum Gasteiger partial charge on any atom is 0.412 e. The quantitative estimate of drug-likeness (QED) is 0.882. The van der Waals surface area contributed by atoms with E-state index < -0.39 is 17.3 Å². The summed E-state index contributed by atoms with van der Waals surface area (Å²) < 4.78 is 5.24. The average Bonchev–Trinajstić information content (AvgIpc) is 3.27. The number of amides is 1. The van der Waals surface area contributed by atoms with Gasteiger partial charge in [0.05, 0.1) is 5.60 Å². The van der Waals surface area contributed by atoms with E-state index in [2.05, 4.69) is 5.32 Å². The summed E-state index contributed by atoms with van der Waals surface area (Å²) in [6.07, 6.45) is 4.01. The molecule has 1 amide bonds. The third-order valence-electron chi connectivity index (χ3n) is 4.39. The standard InChI is InChI=1S/C18H25NO3/c1-17(2,3)22-16(20)19-15-10-8-14(9-11-15)18(21,12-4-5-12)13-6-7-13/h8-13,21H,4-7H2,1-3H3,(H,19,20). The van der Waals surface area contributed by atoms with Crippen LogP contribution in [0.5, 0.6) is 0 Å². The van der Waals surface area contributed by atoms with E-state index in [1.807, 2.05) is 45.0 Å². The highest BCUT2D eigenvalue weighted by Crippen LogP contribution is 2.57. The van der Waals surface area contributed by atoms with Crippen molar-refractivity contribution >= 4 is 11.8 Å². The number of hydrogen-bond donors (Lipinski definition) is 2. The molecule has 4 heteroatoms. The number of hydrogen-bond acceptors (Lipinski definition) is 3. The van der Waals surface area contributed by atoms with Gasteiger partial charge >= 0.3 is 6.09 Å². The fourth-order valence-electron chi connectivity index (χ4n) is 3.09. The lowest BCUT2D eigenvalue weighted by Crippen LogP contribution is -2.31. The van der Waals surface area contributed by atoms with Gasteiger partial charge in [-0.1, -0.05) is 12.1 Å². The molecule has 0 unspecified atom stereocenters. The lowest BCUT2D eigenvalue weighted by atomic mass is 9.84. The van der Waals surface area contributed by atoms with Crippen LogP contribution < -0.4 is 5.32 Å². The van der Waals surface area contributed by atoms with E-state index >= 15 is 0 Å². The molecule has 120 valence electrons. The van der Waals surface area contributed by atoms with Crippen LogP contribution in [0.3, 0.4) is 0 Å². The molecule has 1 aromatic carbocycles. The normalized spacial score (nSPS) is 18.9. The second-order valence-electron chi connectivity index (χ2n) is 7.58. The smallest absolute Gasteiger partial charge is 0.412 e. The molecule has 3 rings (SSSR count). The molecule has 0 heterocycles. The van der Waals surface area contributed by atoms with Crippen molar-refractivity contribution in [2.75, 3.05) is 5.32 Å². The Balaban J connectivity index is 1.69. The van der Waals surface area contributed by atoms with Crippen LogP contribution in [0.4, 0.5) is 10.5 Å². The number of benzene rings is 1. The molecule has 22 heavy (non-hydrogen) atoms. The molecule has 1 aromatic rings. The van der Waals surface area contributed by atoms with Crippen LogP contribution in [-0.4, -0.2) is 16.8 Å². The summed E-state index contributed by atoms with van der Waals surface area (Å²) in [6, 6.07) is 7.55. The zero-order valence-electron chi connectivity index (χ0n) is 13.6. The molecule has 2 N–H and O–H groups in total. The first-order chi connectivity index (χ1) is 10.3. The number of anilines is 1. The van der Waals surface area contributed by atoms with Gasteiger partial charge in [-0.05, 0) is 76.0 Å². The summed E-state index contributed by atoms with van der Waals surface area (Å²) in [5.41, 5.74) is 0.492. The minimum atomic E-state index is -0.662. The van der Waals surface area contributed by atoms with Crippen molar-refractivity contribution in [3.8, 4) is 0 Å². The number of carbonyl (C=O) groups is 1. The van der Waals surface area contributed by atoms with Crippen LogP contribution in [0, 0.1) is 11.8 Å². The summed E-state index contributed by atoms with van der Waals surface area (Å²) in [4.78, 5) is 11.8. The van der Waals surface area contributed by atoms with Crippen molar-refractivity contribution in [3.05, 3.63) is 29.8 Å². The first kappa shape index (κ1) is 15.3. The van der Waals surface area contributed by atoms with Gasteiger partial charge in [-0.3, -0.25) is 5.32 Å². The van der Waals surface area contributed by atoms with Gasteiger partial charge in [-0.15, -0.1) is 0 Å². The van der Waals surface area contributed by atoms with Crippen LogP contribution in [0.2, 0.25) is 0 Å².